The van der Waals surface area contributed by atoms with Crippen molar-refractivity contribution in [2.75, 3.05) is 10.6 Å². The van der Waals surface area contributed by atoms with Crippen LogP contribution in [0.25, 0.3) is 0 Å². The number of carbonyl (C=O) groups excluding carboxylic acids is 4. The van der Waals surface area contributed by atoms with Crippen molar-refractivity contribution in [3.63, 3.8) is 0 Å². The third kappa shape index (κ3) is 7.88. The summed E-state index contributed by atoms with van der Waals surface area (Å²) in [6, 6.07) is 12.2. The van der Waals surface area contributed by atoms with Crippen molar-refractivity contribution < 1.29 is 28.5 Å². The lowest BCUT2D eigenvalue weighted by Crippen LogP contribution is -2.34. The van der Waals surface area contributed by atoms with E-state index in [1.165, 1.54) is 54.6 Å². The fourth-order valence-corrected chi connectivity index (χ4v) is 2.93. The number of nitrogens with zero attached hydrogens (tertiary/aromatic N) is 2. The molecule has 0 radical (unpaired) electrons. The molecule has 2 aromatic carbocycles. The van der Waals surface area contributed by atoms with Crippen molar-refractivity contribution in [1.29, 1.82) is 0 Å². The first-order valence-corrected chi connectivity index (χ1v) is 10.9. The van der Waals surface area contributed by atoms with E-state index in [4.69, 9.17) is 27.6 Å². The first-order valence-electron chi connectivity index (χ1n) is 10.1. The molecule has 3 aromatic rings. The molecule has 0 bridgehead atoms. The molecular weight excluding hydrogens is 531 g/mol. The Hall–Kier alpha value is -4.75. The molecule has 13 nitrogen and oxygen atoms in total. The minimum Gasteiger partial charge on any atom is -0.458 e. The second-order valence-electron chi connectivity index (χ2n) is 7.03. The molecule has 0 spiro atoms. The lowest BCUT2D eigenvalue weighted by atomic mass is 10.3. The lowest BCUT2D eigenvalue weighted by Gasteiger charge is -2.06. The zero-order chi connectivity index (χ0) is 26.9. The van der Waals surface area contributed by atoms with Gasteiger partial charge in [0.1, 0.15) is 11.5 Å². The van der Waals surface area contributed by atoms with Crippen LogP contribution in [-0.2, 0) is 25.7 Å². The summed E-state index contributed by atoms with van der Waals surface area (Å²) in [4.78, 5) is 57.8. The van der Waals surface area contributed by atoms with Gasteiger partial charge in [0.05, 0.1) is 27.7 Å². The van der Waals surface area contributed by atoms with Crippen molar-refractivity contribution >= 4 is 70.1 Å². The maximum atomic E-state index is 12.0. The van der Waals surface area contributed by atoms with Gasteiger partial charge in [0.15, 0.2) is 0 Å². The van der Waals surface area contributed by atoms with E-state index in [0.29, 0.717) is 5.02 Å². The summed E-state index contributed by atoms with van der Waals surface area (Å²) in [6.07, 6.45) is 1.11. The van der Waals surface area contributed by atoms with E-state index in [2.05, 4.69) is 21.1 Å². The van der Waals surface area contributed by atoms with Crippen LogP contribution in [0, 0.1) is 10.1 Å². The summed E-state index contributed by atoms with van der Waals surface area (Å²) in [5.41, 5.74) is 2.29. The molecule has 0 unspecified atom stereocenters. The van der Waals surface area contributed by atoms with Crippen LogP contribution in [0.2, 0.25) is 10.0 Å². The van der Waals surface area contributed by atoms with Gasteiger partial charge in [-0.25, -0.2) is 5.43 Å². The molecule has 37 heavy (non-hydrogen) atoms. The highest BCUT2D eigenvalue weighted by Gasteiger charge is 2.16. The topological polar surface area (TPSA) is 185 Å². The van der Waals surface area contributed by atoms with Crippen LogP contribution in [0.4, 0.5) is 17.1 Å². The highest BCUT2D eigenvalue weighted by Crippen LogP contribution is 2.25. The van der Waals surface area contributed by atoms with Gasteiger partial charge >= 0.3 is 23.6 Å². The van der Waals surface area contributed by atoms with Gasteiger partial charge in [0, 0.05) is 23.5 Å². The number of benzene rings is 2. The van der Waals surface area contributed by atoms with Gasteiger partial charge in [-0.1, -0.05) is 23.2 Å². The molecule has 4 amide bonds. The number of hydrogen-bond acceptors (Lipinski definition) is 8. The number of nitro benzene ring substituents is 1. The van der Waals surface area contributed by atoms with E-state index in [-0.39, 0.29) is 40.2 Å². The Labute approximate surface area is 218 Å². The Balaban J connectivity index is 1.43. The number of rotatable bonds is 7. The third-order valence-electron chi connectivity index (χ3n) is 4.39. The molecule has 3 rings (SSSR count). The number of hydrazone groups is 1. The van der Waals surface area contributed by atoms with Crippen molar-refractivity contribution in [2.45, 2.75) is 6.54 Å². The number of nitro groups is 1. The van der Waals surface area contributed by atoms with Crippen LogP contribution in [0.5, 0.6) is 0 Å². The SMILES string of the molecule is O=C(NCc1ccc(/C=N/NC(=O)C(=O)Nc2ccc([N+](=O)[O-])cc2)o1)C(=O)Nc1ccc(Cl)c(Cl)c1. The number of non-ortho nitro benzene ring substituents is 1. The number of furan rings is 1. The molecule has 0 saturated carbocycles. The summed E-state index contributed by atoms with van der Waals surface area (Å²) in [7, 11) is 0. The molecule has 4 N–H and O–H groups in total. The highest BCUT2D eigenvalue weighted by molar-refractivity contribution is 6.43. The van der Waals surface area contributed by atoms with E-state index in [1.807, 2.05) is 5.43 Å². The fourth-order valence-electron chi connectivity index (χ4n) is 2.63. The zero-order valence-corrected chi connectivity index (χ0v) is 20.0. The van der Waals surface area contributed by atoms with Crippen LogP contribution in [0.1, 0.15) is 11.5 Å². The van der Waals surface area contributed by atoms with Gasteiger partial charge in [-0.15, -0.1) is 0 Å². The van der Waals surface area contributed by atoms with E-state index in [1.54, 1.807) is 0 Å². The van der Waals surface area contributed by atoms with Crippen molar-refractivity contribution in [1.82, 2.24) is 10.7 Å². The number of hydrogen-bond donors (Lipinski definition) is 4. The van der Waals surface area contributed by atoms with Gasteiger partial charge in [-0.2, -0.15) is 5.10 Å². The van der Waals surface area contributed by atoms with Gasteiger partial charge in [0.25, 0.3) is 5.69 Å². The Morgan fingerprint density at radius 3 is 2.19 bits per heavy atom. The minimum atomic E-state index is -1.10. The van der Waals surface area contributed by atoms with Gasteiger partial charge in [-0.3, -0.25) is 29.3 Å². The summed E-state index contributed by atoms with van der Waals surface area (Å²) in [6.45, 7) is -0.120. The lowest BCUT2D eigenvalue weighted by molar-refractivity contribution is -0.384. The molecule has 0 saturated heterocycles. The number of amides is 4. The molecule has 1 aromatic heterocycles. The second kappa shape index (κ2) is 12.3. The van der Waals surface area contributed by atoms with E-state index in [0.717, 1.165) is 6.21 Å². The average molecular weight is 547 g/mol. The molecular formula is C22H16Cl2N6O7. The first kappa shape index (κ1) is 26.8. The normalized spacial score (nSPS) is 10.5. The van der Waals surface area contributed by atoms with Gasteiger partial charge in [0.2, 0.25) is 0 Å². The third-order valence-corrected chi connectivity index (χ3v) is 5.13. The summed E-state index contributed by atoms with van der Waals surface area (Å²) >= 11 is 11.7. The predicted molar refractivity (Wildman–Crippen MR) is 133 cm³/mol. The molecule has 15 heteroatoms. The van der Waals surface area contributed by atoms with Crippen LogP contribution >= 0.6 is 23.2 Å². The van der Waals surface area contributed by atoms with E-state index in [9.17, 15) is 29.3 Å². The minimum absolute atomic E-state index is 0.120. The van der Waals surface area contributed by atoms with Crippen LogP contribution in [0.3, 0.4) is 0 Å². The number of carbonyl (C=O) groups is 4. The quantitative estimate of drug-likeness (QED) is 0.152. The molecule has 190 valence electrons. The number of anilines is 2. The maximum absolute atomic E-state index is 12.0. The fraction of sp³-hybridized carbons (Fsp3) is 0.0455. The largest absolute Gasteiger partial charge is 0.458 e. The summed E-state index contributed by atoms with van der Waals surface area (Å²) in [5.74, 6) is -3.54. The van der Waals surface area contributed by atoms with Crippen LogP contribution in [0.15, 0.2) is 64.1 Å². The first-order chi connectivity index (χ1) is 17.6. The second-order valence-corrected chi connectivity index (χ2v) is 7.84. The highest BCUT2D eigenvalue weighted by atomic mass is 35.5. The average Bonchev–Trinajstić information content (AvgIpc) is 3.32. The van der Waals surface area contributed by atoms with Crippen molar-refractivity contribution in [3.8, 4) is 0 Å². The van der Waals surface area contributed by atoms with Gasteiger partial charge in [-0.05, 0) is 42.5 Å². The maximum Gasteiger partial charge on any atom is 0.329 e. The van der Waals surface area contributed by atoms with Crippen LogP contribution < -0.4 is 21.4 Å². The standard InChI is InChI=1S/C22H16Cl2N6O7/c23-17-8-3-13(9-18(17)24)28-20(32)19(31)25-10-15-6-7-16(37-15)11-26-29-22(34)21(33)27-12-1-4-14(5-2-12)30(35)36/h1-9,11H,10H2,(H,25,31)(H,27,33)(H,28,32)(H,29,34)/b26-11+. The molecule has 0 atom stereocenters. The zero-order valence-electron chi connectivity index (χ0n) is 18.5. The van der Waals surface area contributed by atoms with Crippen LogP contribution in [-0.4, -0.2) is 34.8 Å². The Kier molecular flexibility index (Phi) is 8.91. The smallest absolute Gasteiger partial charge is 0.329 e. The van der Waals surface area contributed by atoms with E-state index >= 15 is 0 Å². The number of halogens is 2. The van der Waals surface area contributed by atoms with Gasteiger partial charge < -0.3 is 20.4 Å². The van der Waals surface area contributed by atoms with E-state index < -0.39 is 28.6 Å². The number of nitrogens with one attached hydrogen (secondary N) is 4. The Morgan fingerprint density at radius 1 is 0.865 bits per heavy atom. The van der Waals surface area contributed by atoms with Crippen molar-refractivity contribution in [3.05, 3.63) is 86.3 Å². The monoisotopic (exact) mass is 546 g/mol. The summed E-state index contributed by atoms with van der Waals surface area (Å²) in [5, 5.41) is 21.8. The predicted octanol–water partition coefficient (Wildman–Crippen LogP) is 2.84. The summed E-state index contributed by atoms with van der Waals surface area (Å²) < 4.78 is 5.39. The molecule has 1 heterocycles. The Bertz CT molecular complexity index is 1390. The molecule has 0 aliphatic heterocycles. The van der Waals surface area contributed by atoms with Crippen molar-refractivity contribution in [2.24, 2.45) is 5.10 Å². The molecule has 0 fully saturated rings. The Morgan fingerprint density at radius 2 is 1.51 bits per heavy atom. The molecule has 0 aliphatic carbocycles. The molecule has 0 aliphatic rings.